The molecular formula is C12H11N3OS. The Labute approximate surface area is 103 Å². The lowest BCUT2D eigenvalue weighted by Gasteiger charge is -2.05. The Morgan fingerprint density at radius 3 is 2.76 bits per heavy atom. The summed E-state index contributed by atoms with van der Waals surface area (Å²) in [5.74, 6) is 0. The van der Waals surface area contributed by atoms with Crippen molar-refractivity contribution >= 4 is 11.3 Å². The van der Waals surface area contributed by atoms with Gasteiger partial charge in [0, 0.05) is 11.9 Å². The van der Waals surface area contributed by atoms with Gasteiger partial charge in [0.05, 0.1) is 11.0 Å². The molecule has 4 nitrogen and oxygen atoms in total. The predicted octanol–water partition coefficient (Wildman–Crippen LogP) is 2.98. The number of nitroso groups, excluding NO2 is 1. The molecule has 5 heteroatoms. The first-order valence-electron chi connectivity index (χ1n) is 5.08. The topological polar surface area (TPSA) is 46.7 Å². The maximum absolute atomic E-state index is 10.2. The molecule has 0 aliphatic heterocycles. The molecule has 0 N–H and O–H groups in total. The van der Waals surface area contributed by atoms with Crippen molar-refractivity contribution in [3.63, 3.8) is 0 Å². The summed E-state index contributed by atoms with van der Waals surface area (Å²) in [4.78, 5) is 10.8. The van der Waals surface area contributed by atoms with Crippen molar-refractivity contribution in [1.82, 2.24) is 4.57 Å². The van der Waals surface area contributed by atoms with Crippen molar-refractivity contribution < 1.29 is 0 Å². The molecule has 0 fully saturated rings. The molecule has 1 aromatic carbocycles. The van der Waals surface area contributed by atoms with Crippen LogP contribution >= 0.6 is 11.3 Å². The van der Waals surface area contributed by atoms with E-state index in [1.165, 1.54) is 11.3 Å². The highest BCUT2D eigenvalue weighted by Crippen LogP contribution is 2.19. The molecule has 86 valence electrons. The fourth-order valence-corrected chi connectivity index (χ4v) is 2.45. The van der Waals surface area contributed by atoms with Crippen molar-refractivity contribution in [3.8, 4) is 11.3 Å². The van der Waals surface area contributed by atoms with Gasteiger partial charge in [-0.05, 0) is 5.56 Å². The maximum Gasteiger partial charge on any atom is 0.214 e. The number of hydrogen-bond acceptors (Lipinski definition) is 3. The van der Waals surface area contributed by atoms with Gasteiger partial charge in [0.2, 0.25) is 4.80 Å². The van der Waals surface area contributed by atoms with Gasteiger partial charge in [0.1, 0.15) is 0 Å². The lowest BCUT2D eigenvalue weighted by Crippen LogP contribution is -2.14. The van der Waals surface area contributed by atoms with Crippen molar-refractivity contribution in [2.45, 2.75) is 6.54 Å². The first-order valence-corrected chi connectivity index (χ1v) is 5.95. The SMILES string of the molecule is C=CCn1c(-c2ccccc2)cs/c1=N\N=O. The fraction of sp³-hybridized carbons (Fsp3) is 0.0833. The predicted molar refractivity (Wildman–Crippen MR) is 69.3 cm³/mol. The van der Waals surface area contributed by atoms with Crippen LogP contribution in [0.3, 0.4) is 0 Å². The molecule has 0 saturated carbocycles. The third-order valence-electron chi connectivity index (χ3n) is 2.31. The van der Waals surface area contributed by atoms with Crippen molar-refractivity contribution in [2.24, 2.45) is 10.4 Å². The zero-order valence-corrected chi connectivity index (χ0v) is 9.93. The molecule has 0 amide bonds. The van der Waals surface area contributed by atoms with Gasteiger partial charge in [-0.3, -0.25) is 0 Å². The number of thiazole rings is 1. The summed E-state index contributed by atoms with van der Waals surface area (Å²) in [5, 5.41) is 8.12. The van der Waals surface area contributed by atoms with E-state index in [1.807, 2.05) is 40.3 Å². The van der Waals surface area contributed by atoms with Crippen LogP contribution in [0.4, 0.5) is 0 Å². The largest absolute Gasteiger partial charge is 0.311 e. The molecule has 2 rings (SSSR count). The summed E-state index contributed by atoms with van der Waals surface area (Å²) in [5.41, 5.74) is 2.09. The molecule has 0 radical (unpaired) electrons. The van der Waals surface area contributed by atoms with Gasteiger partial charge < -0.3 is 4.57 Å². The summed E-state index contributed by atoms with van der Waals surface area (Å²) in [7, 11) is 0. The number of rotatable bonds is 4. The van der Waals surface area contributed by atoms with Crippen LogP contribution in [0.25, 0.3) is 11.3 Å². The molecule has 0 aliphatic rings. The van der Waals surface area contributed by atoms with Crippen LogP contribution in [0.2, 0.25) is 0 Å². The van der Waals surface area contributed by atoms with E-state index >= 15 is 0 Å². The minimum Gasteiger partial charge on any atom is -0.311 e. The third-order valence-corrected chi connectivity index (χ3v) is 3.16. The van der Waals surface area contributed by atoms with Gasteiger partial charge >= 0.3 is 0 Å². The fourth-order valence-electron chi connectivity index (χ4n) is 1.59. The first kappa shape index (κ1) is 11.5. The molecule has 0 atom stereocenters. The van der Waals surface area contributed by atoms with Crippen molar-refractivity contribution in [3.05, 3.63) is 58.1 Å². The third kappa shape index (κ3) is 2.39. The van der Waals surface area contributed by atoms with E-state index in [4.69, 9.17) is 0 Å². The number of hydrogen-bond donors (Lipinski definition) is 0. The molecule has 0 spiro atoms. The lowest BCUT2D eigenvalue weighted by atomic mass is 10.2. The Bertz CT molecular complexity index is 583. The van der Waals surface area contributed by atoms with Crippen LogP contribution in [0.5, 0.6) is 0 Å². The summed E-state index contributed by atoms with van der Waals surface area (Å²) in [6, 6.07) is 9.94. The normalized spacial score (nSPS) is 11.4. The molecule has 0 saturated heterocycles. The summed E-state index contributed by atoms with van der Waals surface area (Å²) in [6.07, 6.45) is 1.77. The zero-order chi connectivity index (χ0) is 12.1. The average molecular weight is 245 g/mol. The van der Waals surface area contributed by atoms with Crippen LogP contribution < -0.4 is 4.80 Å². The lowest BCUT2D eigenvalue weighted by molar-refractivity contribution is 0.787. The van der Waals surface area contributed by atoms with E-state index in [0.29, 0.717) is 11.3 Å². The van der Waals surface area contributed by atoms with Gasteiger partial charge in [0.25, 0.3) is 0 Å². The van der Waals surface area contributed by atoms with Crippen LogP contribution in [0, 0.1) is 4.91 Å². The zero-order valence-electron chi connectivity index (χ0n) is 9.11. The van der Waals surface area contributed by atoms with E-state index < -0.39 is 0 Å². The van der Waals surface area contributed by atoms with Crippen molar-refractivity contribution in [1.29, 1.82) is 0 Å². The second-order valence-electron chi connectivity index (χ2n) is 3.35. The molecule has 1 aromatic heterocycles. The highest BCUT2D eigenvalue weighted by molar-refractivity contribution is 7.07. The van der Waals surface area contributed by atoms with E-state index in [2.05, 4.69) is 17.0 Å². The Morgan fingerprint density at radius 1 is 1.35 bits per heavy atom. The van der Waals surface area contributed by atoms with E-state index in [-0.39, 0.29) is 0 Å². The van der Waals surface area contributed by atoms with Crippen LogP contribution in [0.15, 0.2) is 58.8 Å². The summed E-state index contributed by atoms with van der Waals surface area (Å²) < 4.78 is 1.91. The monoisotopic (exact) mass is 245 g/mol. The highest BCUT2D eigenvalue weighted by atomic mass is 32.1. The second-order valence-corrected chi connectivity index (χ2v) is 4.19. The highest BCUT2D eigenvalue weighted by Gasteiger charge is 2.06. The molecule has 2 aromatic rings. The minimum absolute atomic E-state index is 0.582. The van der Waals surface area contributed by atoms with Crippen LogP contribution in [-0.4, -0.2) is 4.57 Å². The molecule has 0 aliphatic carbocycles. The number of benzene rings is 1. The van der Waals surface area contributed by atoms with Gasteiger partial charge in [-0.25, -0.2) is 0 Å². The minimum atomic E-state index is 0.582. The number of allylic oxidation sites excluding steroid dienone is 1. The van der Waals surface area contributed by atoms with Gasteiger partial charge in [-0.1, -0.05) is 41.5 Å². The average Bonchev–Trinajstić information content (AvgIpc) is 2.75. The quantitative estimate of drug-likeness (QED) is 0.464. The molecule has 0 bridgehead atoms. The Kier molecular flexibility index (Phi) is 3.62. The Morgan fingerprint density at radius 2 is 2.12 bits per heavy atom. The Balaban J connectivity index is 2.59. The van der Waals surface area contributed by atoms with E-state index in [9.17, 15) is 4.91 Å². The smallest absolute Gasteiger partial charge is 0.214 e. The molecule has 17 heavy (non-hydrogen) atoms. The summed E-state index contributed by atoms with van der Waals surface area (Å²) in [6.45, 7) is 4.30. The van der Waals surface area contributed by atoms with E-state index in [1.54, 1.807) is 6.08 Å². The van der Waals surface area contributed by atoms with Crippen molar-refractivity contribution in [2.75, 3.05) is 0 Å². The first-order chi connectivity index (χ1) is 8.36. The number of aromatic nitrogens is 1. The van der Waals surface area contributed by atoms with Gasteiger partial charge in [-0.2, -0.15) is 0 Å². The molecule has 0 unspecified atom stereocenters. The standard InChI is InChI=1S/C12H11N3OS/c1-2-8-15-11(9-17-12(15)13-14-16)10-6-4-3-5-7-10/h2-7,9H,1,8H2/b13-12-. The molecular weight excluding hydrogens is 234 g/mol. The van der Waals surface area contributed by atoms with E-state index in [0.717, 1.165) is 11.3 Å². The number of nitrogens with zero attached hydrogens (tertiary/aromatic N) is 3. The second kappa shape index (κ2) is 5.36. The van der Waals surface area contributed by atoms with Gasteiger partial charge in [0.15, 0.2) is 0 Å². The van der Waals surface area contributed by atoms with Gasteiger partial charge in [-0.15, -0.1) is 22.8 Å². The van der Waals surface area contributed by atoms with Crippen LogP contribution in [0.1, 0.15) is 0 Å². The maximum atomic E-state index is 10.2. The summed E-state index contributed by atoms with van der Waals surface area (Å²) >= 11 is 1.39. The van der Waals surface area contributed by atoms with Crippen LogP contribution in [-0.2, 0) is 6.54 Å². The molecule has 1 heterocycles. The Hall–Kier alpha value is -2.01.